The molecular formula is C18H20F2N2O3. The van der Waals surface area contributed by atoms with Gasteiger partial charge in [0.2, 0.25) is 0 Å². The maximum Gasteiger partial charge on any atom is 0.259 e. The van der Waals surface area contributed by atoms with Crippen molar-refractivity contribution in [3.05, 3.63) is 41.1 Å². The number of hydrogen-bond donors (Lipinski definition) is 1. The van der Waals surface area contributed by atoms with Crippen LogP contribution in [0, 0.1) is 22.5 Å². The van der Waals surface area contributed by atoms with Crippen LogP contribution < -0.4 is 10.5 Å². The largest absolute Gasteiger partial charge is 0.497 e. The summed E-state index contributed by atoms with van der Waals surface area (Å²) in [4.78, 5) is 25.9. The van der Waals surface area contributed by atoms with Crippen LogP contribution in [0.15, 0.2) is 23.9 Å². The fraction of sp³-hybridized carbons (Fsp3) is 0.444. The molecule has 3 rings (SSSR count). The summed E-state index contributed by atoms with van der Waals surface area (Å²) in [5.41, 5.74) is 4.37. The van der Waals surface area contributed by atoms with Crippen LogP contribution >= 0.6 is 0 Å². The number of Topliss-reactive ketones (excluding diaryl/α,β-unsaturated/α-hetero) is 1. The monoisotopic (exact) mass is 350 g/mol. The van der Waals surface area contributed by atoms with Gasteiger partial charge >= 0.3 is 0 Å². The number of rotatable bonds is 2. The topological polar surface area (TPSA) is 72.6 Å². The molecule has 1 spiro atoms. The SMILES string of the molecule is COc1cc(F)c(C(=O)N2CC3(C=C(N)C(=O)C(C)(C)C3)C2)c(F)c1. The van der Waals surface area contributed by atoms with Crippen molar-refractivity contribution in [1.82, 2.24) is 4.90 Å². The molecule has 1 heterocycles. The molecule has 1 saturated heterocycles. The molecule has 134 valence electrons. The predicted octanol–water partition coefficient (Wildman–Crippen LogP) is 2.26. The van der Waals surface area contributed by atoms with Gasteiger partial charge in [0.05, 0.1) is 12.8 Å². The average Bonchev–Trinajstić information content (AvgIpc) is 2.48. The maximum absolute atomic E-state index is 14.1. The van der Waals surface area contributed by atoms with E-state index in [9.17, 15) is 18.4 Å². The number of methoxy groups -OCH3 is 1. The molecule has 0 saturated carbocycles. The minimum atomic E-state index is -0.961. The lowest BCUT2D eigenvalue weighted by molar-refractivity contribution is -0.127. The van der Waals surface area contributed by atoms with E-state index in [1.54, 1.807) is 6.08 Å². The molecular weight excluding hydrogens is 330 g/mol. The van der Waals surface area contributed by atoms with E-state index in [1.165, 1.54) is 12.0 Å². The molecule has 1 aliphatic heterocycles. The van der Waals surface area contributed by atoms with Crippen LogP contribution in [0.1, 0.15) is 30.6 Å². The molecule has 2 aliphatic rings. The molecule has 1 fully saturated rings. The minimum Gasteiger partial charge on any atom is -0.497 e. The van der Waals surface area contributed by atoms with Crippen molar-refractivity contribution in [2.45, 2.75) is 20.3 Å². The zero-order valence-electron chi connectivity index (χ0n) is 14.4. The average molecular weight is 350 g/mol. The highest BCUT2D eigenvalue weighted by molar-refractivity contribution is 6.00. The standard InChI is InChI=1S/C18H20F2N2O3/c1-17(2)7-18(6-13(21)15(17)23)8-22(9-18)16(24)14-11(19)4-10(25-3)5-12(14)20/h4-6H,7-9,21H2,1-3H3. The Bertz CT molecular complexity index is 773. The third kappa shape index (κ3) is 2.77. The third-order valence-corrected chi connectivity index (χ3v) is 4.90. The predicted molar refractivity (Wildman–Crippen MR) is 86.9 cm³/mol. The first-order valence-electron chi connectivity index (χ1n) is 7.94. The zero-order chi connectivity index (χ0) is 18.6. The number of benzene rings is 1. The van der Waals surface area contributed by atoms with E-state index in [2.05, 4.69) is 0 Å². The van der Waals surface area contributed by atoms with Crippen LogP contribution in [-0.4, -0.2) is 36.8 Å². The summed E-state index contributed by atoms with van der Waals surface area (Å²) in [6, 6.07) is 1.96. The van der Waals surface area contributed by atoms with Crippen molar-refractivity contribution in [3.63, 3.8) is 0 Å². The first-order valence-corrected chi connectivity index (χ1v) is 7.94. The van der Waals surface area contributed by atoms with Crippen molar-refractivity contribution >= 4 is 11.7 Å². The molecule has 0 atom stereocenters. The number of amides is 1. The number of ether oxygens (including phenoxy) is 1. The van der Waals surface area contributed by atoms with Crippen molar-refractivity contribution in [2.75, 3.05) is 20.2 Å². The van der Waals surface area contributed by atoms with Gasteiger partial charge in [-0.2, -0.15) is 0 Å². The second-order valence-corrected chi connectivity index (χ2v) is 7.48. The van der Waals surface area contributed by atoms with E-state index in [4.69, 9.17) is 10.5 Å². The first kappa shape index (κ1) is 17.4. The summed E-state index contributed by atoms with van der Waals surface area (Å²) in [5, 5.41) is 0. The molecule has 1 amide bonds. The van der Waals surface area contributed by atoms with Crippen molar-refractivity contribution in [2.24, 2.45) is 16.6 Å². The fourth-order valence-electron chi connectivity index (χ4n) is 3.89. The molecule has 0 radical (unpaired) electrons. The molecule has 1 aromatic carbocycles. The van der Waals surface area contributed by atoms with E-state index < -0.39 is 33.9 Å². The van der Waals surface area contributed by atoms with Crippen LogP contribution in [0.5, 0.6) is 5.75 Å². The van der Waals surface area contributed by atoms with E-state index >= 15 is 0 Å². The van der Waals surface area contributed by atoms with Crippen molar-refractivity contribution < 1.29 is 23.1 Å². The molecule has 0 bridgehead atoms. The Labute approximate surface area is 144 Å². The number of carbonyl (C=O) groups excluding carboxylic acids is 2. The number of likely N-dealkylation sites (tertiary alicyclic amines) is 1. The Morgan fingerprint density at radius 1 is 1.24 bits per heavy atom. The Kier molecular flexibility index (Phi) is 3.85. The number of hydrogen-bond acceptors (Lipinski definition) is 4. The normalized spacial score (nSPS) is 20.9. The summed E-state index contributed by atoms with van der Waals surface area (Å²) >= 11 is 0. The highest BCUT2D eigenvalue weighted by Crippen LogP contribution is 2.47. The highest BCUT2D eigenvalue weighted by Gasteiger charge is 2.52. The summed E-state index contributed by atoms with van der Waals surface area (Å²) in [5.74, 6) is -2.75. The first-order chi connectivity index (χ1) is 11.6. The number of nitrogens with two attached hydrogens (primary N) is 1. The fourth-order valence-corrected chi connectivity index (χ4v) is 3.89. The Morgan fingerprint density at radius 3 is 2.28 bits per heavy atom. The number of nitrogens with zero attached hydrogens (tertiary/aromatic N) is 1. The van der Waals surface area contributed by atoms with E-state index in [1.807, 2.05) is 13.8 Å². The summed E-state index contributed by atoms with van der Waals surface area (Å²) in [6.07, 6.45) is 2.22. The Hall–Kier alpha value is -2.44. The van der Waals surface area contributed by atoms with E-state index in [0.717, 1.165) is 12.1 Å². The Balaban J connectivity index is 1.82. The lowest BCUT2D eigenvalue weighted by atomic mass is 9.62. The molecule has 0 aromatic heterocycles. The van der Waals surface area contributed by atoms with E-state index in [0.29, 0.717) is 6.42 Å². The van der Waals surface area contributed by atoms with Gasteiger partial charge in [-0.15, -0.1) is 0 Å². The maximum atomic E-state index is 14.1. The number of halogens is 2. The molecule has 0 unspecified atom stereocenters. The minimum absolute atomic E-state index is 0.00915. The van der Waals surface area contributed by atoms with Gasteiger partial charge in [-0.1, -0.05) is 13.8 Å². The molecule has 5 nitrogen and oxygen atoms in total. The number of ketones is 1. The van der Waals surface area contributed by atoms with Gasteiger partial charge in [-0.05, 0) is 12.5 Å². The second kappa shape index (κ2) is 5.54. The van der Waals surface area contributed by atoms with Gasteiger partial charge in [0, 0.05) is 36.1 Å². The van der Waals surface area contributed by atoms with Gasteiger partial charge in [0.1, 0.15) is 22.9 Å². The second-order valence-electron chi connectivity index (χ2n) is 7.48. The molecule has 1 aromatic rings. The van der Waals surface area contributed by atoms with Crippen LogP contribution in [-0.2, 0) is 4.79 Å². The van der Waals surface area contributed by atoms with E-state index in [-0.39, 0.29) is 30.3 Å². The molecule has 7 heteroatoms. The molecule has 25 heavy (non-hydrogen) atoms. The summed E-state index contributed by atoms with van der Waals surface area (Å²) in [6.45, 7) is 4.16. The van der Waals surface area contributed by atoms with Gasteiger partial charge in [0.15, 0.2) is 5.78 Å². The molecule has 2 N–H and O–H groups in total. The van der Waals surface area contributed by atoms with Crippen molar-refractivity contribution in [1.29, 1.82) is 0 Å². The van der Waals surface area contributed by atoms with Crippen LogP contribution in [0.25, 0.3) is 0 Å². The van der Waals surface area contributed by atoms with Crippen LogP contribution in [0.4, 0.5) is 8.78 Å². The summed E-state index contributed by atoms with van der Waals surface area (Å²) < 4.78 is 33.0. The number of carbonyl (C=O) groups is 2. The smallest absolute Gasteiger partial charge is 0.259 e. The quantitative estimate of drug-likeness (QED) is 0.888. The van der Waals surface area contributed by atoms with Crippen molar-refractivity contribution in [3.8, 4) is 5.75 Å². The zero-order valence-corrected chi connectivity index (χ0v) is 14.4. The summed E-state index contributed by atoms with van der Waals surface area (Å²) in [7, 11) is 1.29. The van der Waals surface area contributed by atoms with Crippen LogP contribution in [0.3, 0.4) is 0 Å². The van der Waals surface area contributed by atoms with Crippen LogP contribution in [0.2, 0.25) is 0 Å². The lowest BCUT2D eigenvalue weighted by Crippen LogP contribution is -2.61. The highest BCUT2D eigenvalue weighted by atomic mass is 19.1. The van der Waals surface area contributed by atoms with Gasteiger partial charge in [0.25, 0.3) is 5.91 Å². The van der Waals surface area contributed by atoms with Gasteiger partial charge in [-0.25, -0.2) is 8.78 Å². The Morgan fingerprint density at radius 2 is 1.80 bits per heavy atom. The lowest BCUT2D eigenvalue weighted by Gasteiger charge is -2.53. The third-order valence-electron chi connectivity index (χ3n) is 4.90. The number of allylic oxidation sites excluding steroid dienone is 1. The van der Waals surface area contributed by atoms with Gasteiger partial charge < -0.3 is 15.4 Å². The van der Waals surface area contributed by atoms with Gasteiger partial charge in [-0.3, -0.25) is 9.59 Å². The molecule has 1 aliphatic carbocycles.